The van der Waals surface area contributed by atoms with E-state index in [1.165, 1.54) is 50.5 Å². The second kappa shape index (κ2) is 17.9. The van der Waals surface area contributed by atoms with Gasteiger partial charge in [0.05, 0.1) is 18.8 Å². The molecule has 0 aromatic heterocycles. The average molecular weight is 529 g/mol. The fourth-order valence-electron chi connectivity index (χ4n) is 4.39. The van der Waals surface area contributed by atoms with E-state index >= 15 is 0 Å². The molecule has 4 nitrogen and oxygen atoms in total. The van der Waals surface area contributed by atoms with E-state index in [0.29, 0.717) is 17.9 Å². The third-order valence-corrected chi connectivity index (χ3v) is 6.70. The van der Waals surface area contributed by atoms with E-state index in [1.54, 1.807) is 12.1 Å². The number of ether oxygens (including phenoxy) is 3. The summed E-state index contributed by atoms with van der Waals surface area (Å²) in [5, 5.41) is 0. The van der Waals surface area contributed by atoms with Gasteiger partial charge in [-0.2, -0.15) is 0 Å². The van der Waals surface area contributed by atoms with Gasteiger partial charge in [0.1, 0.15) is 17.2 Å². The van der Waals surface area contributed by atoms with Crippen molar-refractivity contribution < 1.29 is 19.0 Å². The zero-order valence-corrected chi connectivity index (χ0v) is 23.5. The van der Waals surface area contributed by atoms with Gasteiger partial charge in [-0.05, 0) is 78.9 Å². The van der Waals surface area contributed by atoms with E-state index in [-0.39, 0.29) is 5.97 Å². The van der Waals surface area contributed by atoms with E-state index < -0.39 is 0 Å². The second-order valence-corrected chi connectivity index (χ2v) is 9.96. The molecule has 4 heteroatoms. The summed E-state index contributed by atoms with van der Waals surface area (Å²) in [7, 11) is 0. The number of benzene rings is 3. The summed E-state index contributed by atoms with van der Waals surface area (Å²) in [6.45, 7) is 7.40. The monoisotopic (exact) mass is 528 g/mol. The molecule has 0 amide bonds. The summed E-state index contributed by atoms with van der Waals surface area (Å²) in [6.07, 6.45) is 14.9. The van der Waals surface area contributed by atoms with E-state index in [1.807, 2.05) is 66.7 Å². The summed E-state index contributed by atoms with van der Waals surface area (Å²) in [4.78, 5) is 12.4. The number of carbonyl (C=O) groups is 1. The van der Waals surface area contributed by atoms with Crippen LogP contribution in [0.5, 0.6) is 17.2 Å². The van der Waals surface area contributed by atoms with Crippen LogP contribution in [0.3, 0.4) is 0 Å². The molecule has 0 heterocycles. The standard InChI is InChI=1S/C35H44O4/c1-3-14-30-17-23-34(24-18-30)39-35(36)31-19-25-33(26-20-31)38-28-13-11-9-7-5-6-8-10-12-27-37-32-21-15-29(4-2)16-22-32/h4,15-26H,2-3,5-14,27-28H2,1H3. The van der Waals surface area contributed by atoms with Crippen molar-refractivity contribution in [3.05, 3.63) is 96.1 Å². The minimum atomic E-state index is -0.354. The third-order valence-electron chi connectivity index (χ3n) is 6.70. The highest BCUT2D eigenvalue weighted by Gasteiger charge is 2.09. The topological polar surface area (TPSA) is 44.8 Å². The molecule has 0 saturated carbocycles. The van der Waals surface area contributed by atoms with Crippen LogP contribution in [-0.4, -0.2) is 19.2 Å². The summed E-state index contributed by atoms with van der Waals surface area (Å²) in [6, 6.07) is 23.0. The lowest BCUT2D eigenvalue weighted by atomic mass is 10.1. The van der Waals surface area contributed by atoms with Crippen molar-refractivity contribution in [3.63, 3.8) is 0 Å². The van der Waals surface area contributed by atoms with Crippen LogP contribution < -0.4 is 14.2 Å². The van der Waals surface area contributed by atoms with Gasteiger partial charge >= 0.3 is 5.97 Å². The lowest BCUT2D eigenvalue weighted by Crippen LogP contribution is -2.08. The SMILES string of the molecule is C=Cc1ccc(OCCCCCCCCCCCOc2ccc(C(=O)Oc3ccc(CCC)cc3)cc2)cc1. The molecule has 3 aromatic carbocycles. The Labute approximate surface area is 235 Å². The highest BCUT2D eigenvalue weighted by molar-refractivity contribution is 5.91. The van der Waals surface area contributed by atoms with Gasteiger partial charge in [-0.15, -0.1) is 0 Å². The number of esters is 1. The van der Waals surface area contributed by atoms with Crippen molar-refractivity contribution in [3.8, 4) is 17.2 Å². The smallest absolute Gasteiger partial charge is 0.343 e. The van der Waals surface area contributed by atoms with E-state index in [9.17, 15) is 4.79 Å². The molecule has 0 aliphatic rings. The van der Waals surface area contributed by atoms with Crippen molar-refractivity contribution in [2.24, 2.45) is 0 Å². The van der Waals surface area contributed by atoms with Gasteiger partial charge in [-0.3, -0.25) is 0 Å². The summed E-state index contributed by atoms with van der Waals surface area (Å²) in [5.41, 5.74) is 2.88. The molecule has 0 radical (unpaired) electrons. The summed E-state index contributed by atoms with van der Waals surface area (Å²) in [5.74, 6) is 1.93. The molecular weight excluding hydrogens is 484 g/mol. The molecule has 0 N–H and O–H groups in total. The quantitative estimate of drug-likeness (QED) is 0.0883. The van der Waals surface area contributed by atoms with Gasteiger partial charge in [0, 0.05) is 0 Å². The van der Waals surface area contributed by atoms with E-state index in [2.05, 4.69) is 13.5 Å². The Morgan fingerprint density at radius 1 is 0.641 bits per heavy atom. The van der Waals surface area contributed by atoms with Crippen LogP contribution in [0.15, 0.2) is 79.4 Å². The summed E-state index contributed by atoms with van der Waals surface area (Å²) < 4.78 is 17.1. The maximum Gasteiger partial charge on any atom is 0.343 e. The van der Waals surface area contributed by atoms with Crippen molar-refractivity contribution in [2.75, 3.05) is 13.2 Å². The number of carbonyl (C=O) groups excluding carboxylic acids is 1. The minimum Gasteiger partial charge on any atom is -0.494 e. The van der Waals surface area contributed by atoms with Gasteiger partial charge in [0.25, 0.3) is 0 Å². The highest BCUT2D eigenvalue weighted by Crippen LogP contribution is 2.18. The Bertz CT molecular complexity index is 1080. The maximum atomic E-state index is 12.4. The van der Waals surface area contributed by atoms with E-state index in [4.69, 9.17) is 14.2 Å². The Hall–Kier alpha value is -3.53. The maximum absolute atomic E-state index is 12.4. The number of hydrogen-bond acceptors (Lipinski definition) is 4. The van der Waals surface area contributed by atoms with Crippen molar-refractivity contribution in [2.45, 2.75) is 77.6 Å². The average Bonchev–Trinajstić information content (AvgIpc) is 2.97. The fourth-order valence-corrected chi connectivity index (χ4v) is 4.39. The van der Waals surface area contributed by atoms with Crippen LogP contribution in [0.4, 0.5) is 0 Å². The Morgan fingerprint density at radius 3 is 1.59 bits per heavy atom. The van der Waals surface area contributed by atoms with Gasteiger partial charge in [-0.1, -0.05) is 95.2 Å². The zero-order valence-electron chi connectivity index (χ0n) is 23.5. The first-order chi connectivity index (χ1) is 19.2. The molecule has 0 aliphatic carbocycles. The molecule has 208 valence electrons. The van der Waals surface area contributed by atoms with Crippen LogP contribution in [0.25, 0.3) is 6.08 Å². The second-order valence-electron chi connectivity index (χ2n) is 9.96. The van der Waals surface area contributed by atoms with Crippen LogP contribution in [0.2, 0.25) is 0 Å². The van der Waals surface area contributed by atoms with Crippen LogP contribution >= 0.6 is 0 Å². The molecule has 0 spiro atoms. The zero-order chi connectivity index (χ0) is 27.5. The number of aryl methyl sites for hydroxylation is 1. The molecule has 39 heavy (non-hydrogen) atoms. The Morgan fingerprint density at radius 2 is 1.10 bits per heavy atom. The Kier molecular flexibility index (Phi) is 13.8. The first-order valence-electron chi connectivity index (χ1n) is 14.6. The van der Waals surface area contributed by atoms with Gasteiger partial charge < -0.3 is 14.2 Å². The predicted molar refractivity (Wildman–Crippen MR) is 161 cm³/mol. The van der Waals surface area contributed by atoms with Gasteiger partial charge in [0.15, 0.2) is 0 Å². The molecule has 0 aliphatic heterocycles. The molecule has 0 bridgehead atoms. The fraction of sp³-hybridized carbons (Fsp3) is 0.400. The normalized spacial score (nSPS) is 10.7. The van der Waals surface area contributed by atoms with Gasteiger partial charge in [0.2, 0.25) is 0 Å². The first-order valence-corrected chi connectivity index (χ1v) is 14.6. The van der Waals surface area contributed by atoms with Crippen molar-refractivity contribution >= 4 is 12.0 Å². The van der Waals surface area contributed by atoms with E-state index in [0.717, 1.165) is 49.4 Å². The number of rotatable bonds is 19. The molecule has 0 fully saturated rings. The Balaban J connectivity index is 1.16. The van der Waals surface area contributed by atoms with Crippen LogP contribution in [0, 0.1) is 0 Å². The minimum absolute atomic E-state index is 0.354. The van der Waals surface area contributed by atoms with Crippen LogP contribution in [0.1, 0.15) is 92.6 Å². The van der Waals surface area contributed by atoms with Crippen molar-refractivity contribution in [1.82, 2.24) is 0 Å². The first kappa shape index (κ1) is 30.0. The highest BCUT2D eigenvalue weighted by atomic mass is 16.5. The van der Waals surface area contributed by atoms with Crippen molar-refractivity contribution in [1.29, 1.82) is 0 Å². The third kappa shape index (κ3) is 11.8. The van der Waals surface area contributed by atoms with Gasteiger partial charge in [-0.25, -0.2) is 4.79 Å². The number of unbranched alkanes of at least 4 members (excludes halogenated alkanes) is 8. The molecule has 0 atom stereocenters. The predicted octanol–water partition coefficient (Wildman–Crippen LogP) is 9.47. The van der Waals surface area contributed by atoms with Crippen LogP contribution in [-0.2, 0) is 6.42 Å². The largest absolute Gasteiger partial charge is 0.494 e. The molecule has 0 unspecified atom stereocenters. The molecule has 3 rings (SSSR count). The lowest BCUT2D eigenvalue weighted by Gasteiger charge is -2.08. The molecule has 3 aromatic rings. The number of hydrogen-bond donors (Lipinski definition) is 0. The molecule has 0 saturated heterocycles. The summed E-state index contributed by atoms with van der Waals surface area (Å²) >= 11 is 0. The lowest BCUT2D eigenvalue weighted by molar-refractivity contribution is 0.0734. The molecular formula is C35H44O4.